The molecule has 2 aromatic rings. The van der Waals surface area contributed by atoms with E-state index in [9.17, 15) is 19.2 Å². The van der Waals surface area contributed by atoms with Crippen LogP contribution in [0.5, 0.6) is 0 Å². The molecule has 2 aromatic carbocycles. The number of nitrogens with zero attached hydrogens (tertiary/aromatic N) is 1. The number of fused-ring (bicyclic) bond motifs is 1. The van der Waals surface area contributed by atoms with Crippen LogP contribution < -0.4 is 10.6 Å². The van der Waals surface area contributed by atoms with E-state index in [1.807, 2.05) is 6.07 Å². The van der Waals surface area contributed by atoms with Crippen molar-refractivity contribution < 1.29 is 19.2 Å². The highest BCUT2D eigenvalue weighted by atomic mass is 32.2. The van der Waals surface area contributed by atoms with Crippen molar-refractivity contribution in [3.8, 4) is 0 Å². The van der Waals surface area contributed by atoms with Crippen molar-refractivity contribution in [2.24, 2.45) is 0 Å². The monoisotopic (exact) mass is 505 g/mol. The summed E-state index contributed by atoms with van der Waals surface area (Å²) >= 11 is 1.54. The first-order chi connectivity index (χ1) is 17.5. The predicted molar refractivity (Wildman–Crippen MR) is 138 cm³/mol. The lowest BCUT2D eigenvalue weighted by Crippen LogP contribution is -2.54. The van der Waals surface area contributed by atoms with Crippen molar-refractivity contribution in [2.75, 3.05) is 5.75 Å². The number of carbonyl (C=O) groups is 4. The van der Waals surface area contributed by atoms with Gasteiger partial charge in [-0.2, -0.15) is 0 Å². The summed E-state index contributed by atoms with van der Waals surface area (Å²) in [6, 6.07) is 13.6. The maximum absolute atomic E-state index is 13.2. The fraction of sp³-hybridized carbons (Fsp3) is 0.429. The zero-order valence-electron chi connectivity index (χ0n) is 20.3. The third-order valence-corrected chi connectivity index (χ3v) is 8.36. The average molecular weight is 506 g/mol. The highest BCUT2D eigenvalue weighted by Crippen LogP contribution is 2.34. The van der Waals surface area contributed by atoms with Crippen molar-refractivity contribution in [2.45, 2.75) is 74.9 Å². The number of benzene rings is 2. The van der Waals surface area contributed by atoms with Gasteiger partial charge in [0.1, 0.15) is 6.04 Å². The molecular formula is C28H31N3O4S. The molecule has 0 aromatic heterocycles. The van der Waals surface area contributed by atoms with Crippen molar-refractivity contribution in [1.29, 1.82) is 0 Å². The molecular weight excluding hydrogens is 474 g/mol. The summed E-state index contributed by atoms with van der Waals surface area (Å²) in [5.41, 5.74) is 3.20. The first-order valence-corrected chi connectivity index (χ1v) is 13.8. The number of hydrogen-bond donors (Lipinski definition) is 2. The molecule has 0 radical (unpaired) electrons. The van der Waals surface area contributed by atoms with Crippen LogP contribution in [0.4, 0.5) is 0 Å². The second kappa shape index (κ2) is 11.0. The van der Waals surface area contributed by atoms with Gasteiger partial charge < -0.3 is 5.32 Å². The van der Waals surface area contributed by atoms with E-state index in [1.165, 1.54) is 43.2 Å². The van der Waals surface area contributed by atoms with Crippen LogP contribution in [0.2, 0.25) is 0 Å². The molecule has 7 nitrogen and oxygen atoms in total. The Morgan fingerprint density at radius 1 is 0.889 bits per heavy atom. The number of imide groups is 2. The summed E-state index contributed by atoms with van der Waals surface area (Å²) in [6.45, 7) is 0.898. The van der Waals surface area contributed by atoms with Crippen molar-refractivity contribution >= 4 is 35.4 Å². The lowest BCUT2D eigenvalue weighted by Gasteiger charge is -2.27. The summed E-state index contributed by atoms with van der Waals surface area (Å²) in [6.07, 6.45) is 7.67. The molecule has 2 N–H and O–H groups in total. The lowest BCUT2D eigenvalue weighted by atomic mass is 9.95. The van der Waals surface area contributed by atoms with Gasteiger partial charge in [0.15, 0.2) is 0 Å². The van der Waals surface area contributed by atoms with Crippen LogP contribution in [0.3, 0.4) is 0 Å². The van der Waals surface area contributed by atoms with E-state index >= 15 is 0 Å². The Labute approximate surface area is 215 Å². The maximum Gasteiger partial charge on any atom is 0.263 e. The molecule has 0 spiro atoms. The van der Waals surface area contributed by atoms with E-state index in [2.05, 4.69) is 34.9 Å². The molecule has 1 unspecified atom stereocenters. The molecule has 3 aliphatic rings. The van der Waals surface area contributed by atoms with E-state index in [0.717, 1.165) is 28.5 Å². The van der Waals surface area contributed by atoms with Crippen molar-refractivity contribution in [1.82, 2.24) is 15.5 Å². The molecule has 1 saturated heterocycles. The topological polar surface area (TPSA) is 95.6 Å². The van der Waals surface area contributed by atoms with Crippen LogP contribution >= 0.6 is 11.8 Å². The Hall–Kier alpha value is -2.97. The fourth-order valence-electron chi connectivity index (χ4n) is 5.28. The molecule has 2 fully saturated rings. The number of piperidine rings is 1. The maximum atomic E-state index is 13.2. The third-order valence-electron chi connectivity index (χ3n) is 7.30. The molecule has 0 bridgehead atoms. The first kappa shape index (κ1) is 24.7. The molecule has 1 aliphatic carbocycles. The molecule has 188 valence electrons. The fourth-order valence-corrected chi connectivity index (χ4v) is 6.35. The number of rotatable bonds is 8. The number of aryl methyl sites for hydroxylation is 1. The van der Waals surface area contributed by atoms with Crippen LogP contribution in [0.25, 0.3) is 0 Å². The molecule has 2 aliphatic heterocycles. The predicted octanol–water partition coefficient (Wildman–Crippen LogP) is 3.84. The Morgan fingerprint density at radius 2 is 1.64 bits per heavy atom. The largest absolute Gasteiger partial charge is 0.310 e. The van der Waals surface area contributed by atoms with Gasteiger partial charge in [-0.25, -0.2) is 0 Å². The number of carbonyl (C=O) groups excluding carboxylic acids is 4. The smallest absolute Gasteiger partial charge is 0.263 e. The minimum atomic E-state index is -0.945. The van der Waals surface area contributed by atoms with Gasteiger partial charge in [-0.15, -0.1) is 11.8 Å². The van der Waals surface area contributed by atoms with Gasteiger partial charge in [0, 0.05) is 29.7 Å². The van der Waals surface area contributed by atoms with Gasteiger partial charge in [0.2, 0.25) is 11.8 Å². The van der Waals surface area contributed by atoms with Crippen LogP contribution in [0.1, 0.15) is 76.8 Å². The Balaban J connectivity index is 1.18. The Kier molecular flexibility index (Phi) is 7.53. The Morgan fingerprint density at radius 3 is 2.39 bits per heavy atom. The number of thioether (sulfide) groups is 1. The quantitative estimate of drug-likeness (QED) is 0.418. The lowest BCUT2D eigenvalue weighted by molar-refractivity contribution is -0.136. The number of amides is 4. The number of hydrogen-bond acceptors (Lipinski definition) is 6. The minimum Gasteiger partial charge on any atom is -0.310 e. The molecule has 4 amide bonds. The minimum absolute atomic E-state index is 0.112. The Bertz CT molecular complexity index is 1170. The summed E-state index contributed by atoms with van der Waals surface area (Å²) in [5.74, 6) is -1.13. The molecule has 8 heteroatoms. The van der Waals surface area contributed by atoms with Crippen LogP contribution in [0, 0.1) is 0 Å². The third kappa shape index (κ3) is 5.25. The van der Waals surface area contributed by atoms with Gasteiger partial charge in [0.25, 0.3) is 11.8 Å². The number of nitrogens with one attached hydrogen (secondary N) is 2. The molecule has 5 rings (SSSR count). The SMILES string of the molecule is O=C1CCC(N2C(=O)c3cccc(SCCc4ccc(CNC5CCCCC5)cc4)c3C2=O)C(=O)N1. The second-order valence-corrected chi connectivity index (χ2v) is 10.9. The standard InChI is InChI=1S/C28H31N3O4S/c32-24-14-13-22(26(33)30-24)31-27(34)21-7-4-8-23(25(21)28(31)35)36-16-15-18-9-11-19(12-10-18)17-29-20-5-2-1-3-6-20/h4,7-12,20,22,29H,1-3,5-6,13-17H2,(H,30,32,33). The normalized spacial score (nSPS) is 20.6. The van der Waals surface area contributed by atoms with Crippen molar-refractivity contribution in [3.05, 3.63) is 64.7 Å². The first-order valence-electron chi connectivity index (χ1n) is 12.8. The second-order valence-electron chi connectivity index (χ2n) is 9.76. The summed E-state index contributed by atoms with van der Waals surface area (Å²) in [5, 5.41) is 5.91. The zero-order valence-corrected chi connectivity index (χ0v) is 21.1. The van der Waals surface area contributed by atoms with Crippen LogP contribution in [0.15, 0.2) is 47.4 Å². The average Bonchev–Trinajstić information content (AvgIpc) is 3.15. The van der Waals surface area contributed by atoms with Crippen LogP contribution in [-0.4, -0.2) is 46.4 Å². The molecule has 2 heterocycles. The van der Waals surface area contributed by atoms with E-state index < -0.39 is 23.8 Å². The van der Waals surface area contributed by atoms with Gasteiger partial charge in [-0.1, -0.05) is 49.6 Å². The molecule has 1 atom stereocenters. The van der Waals surface area contributed by atoms with Crippen LogP contribution in [-0.2, 0) is 22.6 Å². The molecule has 36 heavy (non-hydrogen) atoms. The van der Waals surface area contributed by atoms with E-state index in [-0.39, 0.29) is 18.7 Å². The van der Waals surface area contributed by atoms with E-state index in [1.54, 1.807) is 23.9 Å². The summed E-state index contributed by atoms with van der Waals surface area (Å²) in [7, 11) is 0. The van der Waals surface area contributed by atoms with Gasteiger partial charge >= 0.3 is 0 Å². The molecule has 1 saturated carbocycles. The van der Waals surface area contributed by atoms with Gasteiger partial charge in [-0.3, -0.25) is 29.4 Å². The van der Waals surface area contributed by atoms with E-state index in [0.29, 0.717) is 17.2 Å². The summed E-state index contributed by atoms with van der Waals surface area (Å²) in [4.78, 5) is 51.8. The van der Waals surface area contributed by atoms with E-state index in [4.69, 9.17) is 0 Å². The summed E-state index contributed by atoms with van der Waals surface area (Å²) < 4.78 is 0. The van der Waals surface area contributed by atoms with Gasteiger partial charge in [-0.05, 0) is 48.9 Å². The van der Waals surface area contributed by atoms with Gasteiger partial charge in [0.05, 0.1) is 11.1 Å². The highest BCUT2D eigenvalue weighted by molar-refractivity contribution is 7.99. The highest BCUT2D eigenvalue weighted by Gasteiger charge is 2.45. The zero-order chi connectivity index (χ0) is 25.1. The van der Waals surface area contributed by atoms with Crippen molar-refractivity contribution in [3.63, 3.8) is 0 Å².